The van der Waals surface area contributed by atoms with Crippen LogP contribution in [0, 0.1) is 11.3 Å². The van der Waals surface area contributed by atoms with Crippen molar-refractivity contribution in [2.24, 2.45) is 11.3 Å². The second kappa shape index (κ2) is 8.23. The Morgan fingerprint density at radius 3 is 2.38 bits per heavy atom. The molecule has 168 valence electrons. The van der Waals surface area contributed by atoms with E-state index in [2.05, 4.69) is 10.6 Å². The molecule has 0 bridgehead atoms. The van der Waals surface area contributed by atoms with Crippen molar-refractivity contribution in [3.63, 3.8) is 0 Å². The zero-order valence-corrected chi connectivity index (χ0v) is 20.0. The van der Waals surface area contributed by atoms with E-state index in [0.29, 0.717) is 27.9 Å². The van der Waals surface area contributed by atoms with E-state index in [1.165, 1.54) is 0 Å². The molecule has 1 heterocycles. The number of nitrogens with one attached hydrogen (secondary N) is 2. The molecule has 4 nitrogen and oxygen atoms in total. The van der Waals surface area contributed by atoms with Gasteiger partial charge in [-0.15, -0.1) is 0 Å². The number of amides is 2. The van der Waals surface area contributed by atoms with E-state index >= 15 is 0 Å². The van der Waals surface area contributed by atoms with Gasteiger partial charge in [-0.25, -0.2) is 0 Å². The number of carbonyl (C=O) groups excluding carboxylic acids is 2. The van der Waals surface area contributed by atoms with Gasteiger partial charge in [0.2, 0.25) is 11.8 Å². The summed E-state index contributed by atoms with van der Waals surface area (Å²) in [6.45, 7) is 2.00. The Labute approximate surface area is 203 Å². The molecule has 0 aromatic heterocycles. The fourth-order valence-corrected chi connectivity index (χ4v) is 6.57. The van der Waals surface area contributed by atoms with Crippen molar-refractivity contribution < 1.29 is 9.59 Å². The summed E-state index contributed by atoms with van der Waals surface area (Å²) in [5.41, 5.74) is 0.975. The first-order valence-corrected chi connectivity index (χ1v) is 12.3. The highest BCUT2D eigenvalue weighted by Gasteiger charge is 2.64. The van der Waals surface area contributed by atoms with Crippen LogP contribution in [0.2, 0.25) is 15.1 Å². The van der Waals surface area contributed by atoms with E-state index < -0.39 is 5.41 Å². The van der Waals surface area contributed by atoms with Gasteiger partial charge in [-0.3, -0.25) is 9.59 Å². The number of hydrogen-bond donors (Lipinski definition) is 2. The van der Waals surface area contributed by atoms with E-state index in [9.17, 15) is 9.59 Å². The first-order chi connectivity index (χ1) is 15.3. The Morgan fingerprint density at radius 2 is 1.72 bits per heavy atom. The monoisotopic (exact) mass is 490 g/mol. The Kier molecular flexibility index (Phi) is 5.68. The van der Waals surface area contributed by atoms with Gasteiger partial charge in [0.25, 0.3) is 0 Å². The molecule has 3 aliphatic rings. The van der Waals surface area contributed by atoms with Crippen LogP contribution in [0.3, 0.4) is 0 Å². The topological polar surface area (TPSA) is 58.2 Å². The number of benzene rings is 2. The maximum atomic E-state index is 13.6. The van der Waals surface area contributed by atoms with Gasteiger partial charge in [-0.2, -0.15) is 0 Å². The van der Waals surface area contributed by atoms with Crippen LogP contribution in [0.15, 0.2) is 42.5 Å². The van der Waals surface area contributed by atoms with Crippen molar-refractivity contribution in [2.75, 3.05) is 0 Å². The summed E-state index contributed by atoms with van der Waals surface area (Å²) in [7, 11) is 0. The van der Waals surface area contributed by atoms with E-state index in [1.807, 2.05) is 43.3 Å². The standard InChI is InChI=1S/C25H25Cl3N2O2/c1-13-22-21(14-2-4-15(26)5-3-14)19(18-9-6-16(27)12-20(18)28)10-11-25(22,23(31)29-13)24(32)30-17-7-8-17/h2-6,9,12-13,17,19,21-22H,7-8,10-11H2,1H3,(H,29,31)(H,30,32). The molecule has 5 atom stereocenters. The van der Waals surface area contributed by atoms with Crippen LogP contribution in [0.25, 0.3) is 0 Å². The SMILES string of the molecule is CC1NC(=O)C2(C(=O)NC3CC3)CCC(c3ccc(Cl)cc3Cl)C(c3ccc(Cl)cc3)C12. The van der Waals surface area contributed by atoms with E-state index in [-0.39, 0.29) is 41.7 Å². The molecule has 2 saturated carbocycles. The van der Waals surface area contributed by atoms with Crippen molar-refractivity contribution in [3.8, 4) is 0 Å². The minimum absolute atomic E-state index is 0.0444. The van der Waals surface area contributed by atoms with Gasteiger partial charge in [0.15, 0.2) is 0 Å². The molecule has 2 aliphatic carbocycles. The van der Waals surface area contributed by atoms with Crippen molar-refractivity contribution in [1.82, 2.24) is 10.6 Å². The number of fused-ring (bicyclic) bond motifs is 1. The smallest absolute Gasteiger partial charge is 0.236 e. The molecule has 0 radical (unpaired) electrons. The maximum Gasteiger partial charge on any atom is 0.236 e. The Hall–Kier alpha value is -1.75. The third-order valence-corrected chi connectivity index (χ3v) is 8.29. The minimum Gasteiger partial charge on any atom is -0.352 e. The van der Waals surface area contributed by atoms with Crippen LogP contribution in [0.4, 0.5) is 0 Å². The van der Waals surface area contributed by atoms with Gasteiger partial charge in [-0.1, -0.05) is 53.0 Å². The molecular weight excluding hydrogens is 467 g/mol. The highest BCUT2D eigenvalue weighted by atomic mass is 35.5. The average Bonchev–Trinajstić information content (AvgIpc) is 3.52. The molecule has 7 heteroatoms. The minimum atomic E-state index is -1.08. The van der Waals surface area contributed by atoms with Crippen LogP contribution in [-0.2, 0) is 9.59 Å². The second-order valence-electron chi connectivity index (χ2n) is 9.40. The molecule has 2 N–H and O–H groups in total. The van der Waals surface area contributed by atoms with E-state index in [4.69, 9.17) is 34.8 Å². The molecule has 2 aromatic carbocycles. The van der Waals surface area contributed by atoms with Crippen molar-refractivity contribution in [2.45, 2.75) is 56.5 Å². The lowest BCUT2D eigenvalue weighted by molar-refractivity contribution is -0.146. The molecule has 32 heavy (non-hydrogen) atoms. The van der Waals surface area contributed by atoms with Gasteiger partial charge in [0.1, 0.15) is 5.41 Å². The van der Waals surface area contributed by atoms with Gasteiger partial charge in [-0.05, 0) is 79.8 Å². The Bertz CT molecular complexity index is 1070. The zero-order valence-electron chi connectivity index (χ0n) is 17.7. The summed E-state index contributed by atoms with van der Waals surface area (Å²) in [5.74, 6) is -0.541. The molecule has 2 aromatic rings. The second-order valence-corrected chi connectivity index (χ2v) is 10.7. The average molecular weight is 492 g/mol. The third-order valence-electron chi connectivity index (χ3n) is 7.48. The highest BCUT2D eigenvalue weighted by Crippen LogP contribution is 2.59. The largest absolute Gasteiger partial charge is 0.352 e. The summed E-state index contributed by atoms with van der Waals surface area (Å²) >= 11 is 19.0. The van der Waals surface area contributed by atoms with Gasteiger partial charge < -0.3 is 10.6 Å². The normalized spacial score (nSPS) is 31.7. The predicted octanol–water partition coefficient (Wildman–Crippen LogP) is 5.71. The fourth-order valence-electron chi connectivity index (χ4n) is 5.90. The maximum absolute atomic E-state index is 13.6. The van der Waals surface area contributed by atoms with E-state index in [1.54, 1.807) is 6.07 Å². The first-order valence-electron chi connectivity index (χ1n) is 11.1. The summed E-state index contributed by atoms with van der Waals surface area (Å²) < 4.78 is 0. The number of halogens is 3. The lowest BCUT2D eigenvalue weighted by atomic mass is 9.54. The van der Waals surface area contributed by atoms with Crippen molar-refractivity contribution in [3.05, 3.63) is 68.7 Å². The highest BCUT2D eigenvalue weighted by molar-refractivity contribution is 6.35. The molecule has 3 fully saturated rings. The molecule has 5 rings (SSSR count). The van der Waals surface area contributed by atoms with Crippen LogP contribution in [-0.4, -0.2) is 23.9 Å². The van der Waals surface area contributed by atoms with Gasteiger partial charge in [0.05, 0.1) is 0 Å². The van der Waals surface area contributed by atoms with Crippen LogP contribution in [0.1, 0.15) is 55.6 Å². The fraction of sp³-hybridized carbons (Fsp3) is 0.440. The molecule has 1 aliphatic heterocycles. The number of carbonyl (C=O) groups is 2. The number of rotatable bonds is 4. The molecule has 2 amide bonds. The lowest BCUT2D eigenvalue weighted by Gasteiger charge is -2.46. The quantitative estimate of drug-likeness (QED) is 0.538. The van der Waals surface area contributed by atoms with Crippen LogP contribution in [0.5, 0.6) is 0 Å². The Balaban J connectivity index is 1.64. The van der Waals surface area contributed by atoms with Gasteiger partial charge in [0, 0.05) is 33.1 Å². The van der Waals surface area contributed by atoms with Crippen LogP contribution < -0.4 is 10.6 Å². The van der Waals surface area contributed by atoms with Crippen LogP contribution >= 0.6 is 34.8 Å². The first kappa shape index (κ1) is 22.1. The molecule has 0 spiro atoms. The summed E-state index contributed by atoms with van der Waals surface area (Å²) in [5, 5.41) is 8.08. The molecule has 1 saturated heterocycles. The Morgan fingerprint density at radius 1 is 1.03 bits per heavy atom. The lowest BCUT2D eigenvalue weighted by Crippen LogP contribution is -2.54. The van der Waals surface area contributed by atoms with E-state index in [0.717, 1.165) is 24.0 Å². The molecular formula is C25H25Cl3N2O2. The van der Waals surface area contributed by atoms with Gasteiger partial charge >= 0.3 is 0 Å². The predicted molar refractivity (Wildman–Crippen MR) is 127 cm³/mol. The van der Waals surface area contributed by atoms with Crippen molar-refractivity contribution in [1.29, 1.82) is 0 Å². The number of hydrogen-bond acceptors (Lipinski definition) is 2. The summed E-state index contributed by atoms with van der Waals surface area (Å²) in [4.78, 5) is 26.9. The summed E-state index contributed by atoms with van der Waals surface area (Å²) in [6, 6.07) is 13.4. The van der Waals surface area contributed by atoms with Crippen molar-refractivity contribution >= 4 is 46.6 Å². The molecule has 5 unspecified atom stereocenters. The third kappa shape index (κ3) is 3.61. The summed E-state index contributed by atoms with van der Waals surface area (Å²) in [6.07, 6.45) is 3.12. The zero-order chi connectivity index (χ0) is 22.6.